The van der Waals surface area contributed by atoms with E-state index in [-0.39, 0.29) is 11.8 Å². The summed E-state index contributed by atoms with van der Waals surface area (Å²) in [5.41, 5.74) is 6.23. The number of anilines is 2. The lowest BCUT2D eigenvalue weighted by Gasteiger charge is -2.31. The third kappa shape index (κ3) is 2.58. The van der Waals surface area contributed by atoms with Crippen molar-refractivity contribution < 1.29 is 9.53 Å². The van der Waals surface area contributed by atoms with Crippen molar-refractivity contribution in [3.63, 3.8) is 0 Å². The van der Waals surface area contributed by atoms with Crippen LogP contribution in [0.1, 0.15) is 37.0 Å². The van der Waals surface area contributed by atoms with Gasteiger partial charge in [0.2, 0.25) is 0 Å². The predicted molar refractivity (Wildman–Crippen MR) is 73.1 cm³/mol. The molecule has 0 aliphatic carbocycles. The van der Waals surface area contributed by atoms with E-state index in [9.17, 15) is 4.79 Å². The van der Waals surface area contributed by atoms with Gasteiger partial charge in [0, 0.05) is 13.1 Å². The molecule has 1 aliphatic heterocycles. The maximum atomic E-state index is 11.9. The highest BCUT2D eigenvalue weighted by Crippen LogP contribution is 2.33. The molecule has 1 fully saturated rings. The molecule has 1 aromatic rings. The number of hydrogen-bond donors (Lipinski definition) is 1. The van der Waals surface area contributed by atoms with E-state index in [1.807, 2.05) is 0 Å². The molecule has 0 saturated carbocycles. The third-order valence-corrected chi connectivity index (χ3v) is 4.05. The Hall–Kier alpha value is -1.30. The molecule has 0 spiro atoms. The summed E-state index contributed by atoms with van der Waals surface area (Å²) in [5, 5.41) is 0.859. The molecule has 1 atom stereocenters. The molecule has 100 valence electrons. The van der Waals surface area contributed by atoms with E-state index < -0.39 is 0 Å². The lowest BCUT2D eigenvalue weighted by atomic mass is 10.0. The molecule has 18 heavy (non-hydrogen) atoms. The monoisotopic (exact) mass is 269 g/mol. The van der Waals surface area contributed by atoms with Crippen molar-refractivity contribution >= 4 is 28.3 Å². The third-order valence-electron chi connectivity index (χ3n) is 3.12. The van der Waals surface area contributed by atoms with E-state index in [4.69, 9.17) is 10.5 Å². The average Bonchev–Trinajstić information content (AvgIpc) is 2.71. The molecule has 0 bridgehead atoms. The van der Waals surface area contributed by atoms with E-state index in [0.717, 1.165) is 24.5 Å². The maximum absolute atomic E-state index is 11.9. The number of ether oxygens (including phenoxy) is 1. The molecule has 2 N–H and O–H groups in total. The summed E-state index contributed by atoms with van der Waals surface area (Å²) in [6.07, 6.45) is 2.38. The van der Waals surface area contributed by atoms with Crippen LogP contribution < -0.4 is 10.6 Å². The first-order valence-electron chi connectivity index (χ1n) is 6.30. The van der Waals surface area contributed by atoms with Crippen molar-refractivity contribution in [3.05, 3.63) is 5.56 Å². The van der Waals surface area contributed by atoms with Gasteiger partial charge in [-0.15, -0.1) is 0 Å². The van der Waals surface area contributed by atoms with Gasteiger partial charge in [0.15, 0.2) is 5.82 Å². The first-order chi connectivity index (χ1) is 8.63. The Kier molecular flexibility index (Phi) is 4.06. The molecule has 1 aromatic heterocycles. The summed E-state index contributed by atoms with van der Waals surface area (Å²) < 4.78 is 9.14. The van der Waals surface area contributed by atoms with Crippen LogP contribution in [0.3, 0.4) is 0 Å². The molecular weight excluding hydrogens is 250 g/mol. The number of carbonyl (C=O) groups is 1. The minimum Gasteiger partial charge on any atom is -0.462 e. The molecule has 0 radical (unpaired) electrons. The highest BCUT2D eigenvalue weighted by atomic mass is 32.1. The van der Waals surface area contributed by atoms with Crippen LogP contribution in [0.2, 0.25) is 0 Å². The number of rotatable bonds is 3. The average molecular weight is 269 g/mol. The Labute approximate surface area is 111 Å². The van der Waals surface area contributed by atoms with Crippen LogP contribution in [0.4, 0.5) is 10.8 Å². The largest absolute Gasteiger partial charge is 0.462 e. The lowest BCUT2D eigenvalue weighted by Crippen LogP contribution is -2.34. The van der Waals surface area contributed by atoms with Crippen LogP contribution in [0.15, 0.2) is 0 Å². The summed E-state index contributed by atoms with van der Waals surface area (Å²) in [6.45, 7) is 6.27. The van der Waals surface area contributed by atoms with Crippen LogP contribution in [-0.4, -0.2) is 30.0 Å². The zero-order valence-electron chi connectivity index (χ0n) is 10.8. The van der Waals surface area contributed by atoms with Crippen molar-refractivity contribution in [2.45, 2.75) is 26.7 Å². The fraction of sp³-hybridized carbons (Fsp3) is 0.667. The number of aromatic nitrogens is 1. The smallest absolute Gasteiger partial charge is 0.345 e. The minimum atomic E-state index is -0.364. The first-order valence-corrected chi connectivity index (χ1v) is 7.08. The van der Waals surface area contributed by atoms with Crippen molar-refractivity contribution in [2.75, 3.05) is 30.3 Å². The van der Waals surface area contributed by atoms with E-state index in [2.05, 4.69) is 16.2 Å². The van der Waals surface area contributed by atoms with Gasteiger partial charge in [-0.3, -0.25) is 0 Å². The van der Waals surface area contributed by atoms with E-state index >= 15 is 0 Å². The van der Waals surface area contributed by atoms with Gasteiger partial charge in [-0.05, 0) is 37.2 Å². The van der Waals surface area contributed by atoms with Gasteiger partial charge in [-0.2, -0.15) is 4.37 Å². The number of hydrogen-bond acceptors (Lipinski definition) is 6. The van der Waals surface area contributed by atoms with Crippen molar-refractivity contribution in [2.24, 2.45) is 5.92 Å². The molecule has 1 unspecified atom stereocenters. The first kappa shape index (κ1) is 13.1. The predicted octanol–water partition coefficient (Wildman–Crippen LogP) is 2.14. The number of nitrogen functional groups attached to an aromatic ring is 1. The number of piperidine rings is 1. The molecule has 2 rings (SSSR count). The Morgan fingerprint density at radius 2 is 2.44 bits per heavy atom. The maximum Gasteiger partial charge on any atom is 0.345 e. The van der Waals surface area contributed by atoms with E-state index in [0.29, 0.717) is 18.1 Å². The summed E-state index contributed by atoms with van der Waals surface area (Å²) >= 11 is 1.29. The molecular formula is C12H19N3O2S. The summed E-state index contributed by atoms with van der Waals surface area (Å²) in [7, 11) is 0. The van der Waals surface area contributed by atoms with Crippen molar-refractivity contribution in [1.82, 2.24) is 4.37 Å². The van der Waals surface area contributed by atoms with Gasteiger partial charge in [-0.25, -0.2) is 4.79 Å². The zero-order chi connectivity index (χ0) is 13.1. The van der Waals surface area contributed by atoms with Gasteiger partial charge in [0.1, 0.15) is 10.6 Å². The number of carbonyl (C=O) groups excluding carboxylic acids is 1. The van der Waals surface area contributed by atoms with Gasteiger partial charge in [0.05, 0.1) is 6.61 Å². The van der Waals surface area contributed by atoms with Crippen LogP contribution in [0.25, 0.3) is 0 Å². The van der Waals surface area contributed by atoms with E-state index in [1.165, 1.54) is 18.0 Å². The van der Waals surface area contributed by atoms with Gasteiger partial charge in [-0.1, -0.05) is 6.92 Å². The number of nitrogens with zero attached hydrogens (tertiary/aromatic N) is 2. The molecule has 5 nitrogen and oxygen atoms in total. The summed E-state index contributed by atoms with van der Waals surface area (Å²) in [5.74, 6) is 0.556. The molecule has 0 amide bonds. The fourth-order valence-electron chi connectivity index (χ4n) is 2.28. The second-order valence-corrected chi connectivity index (χ2v) is 5.41. The summed E-state index contributed by atoms with van der Waals surface area (Å²) in [4.78, 5) is 14.1. The SMILES string of the molecule is CCOC(=O)c1c(N)nsc1N1CCCC(C)C1. The highest BCUT2D eigenvalue weighted by Gasteiger charge is 2.27. The standard InChI is InChI=1S/C12H19N3O2S/c1-3-17-12(16)9-10(13)14-18-11(9)15-6-4-5-8(2)7-15/h8H,3-7H2,1-2H3,(H2,13,14). The summed E-state index contributed by atoms with van der Waals surface area (Å²) in [6, 6.07) is 0. The minimum absolute atomic E-state index is 0.284. The topological polar surface area (TPSA) is 68.5 Å². The van der Waals surface area contributed by atoms with Crippen LogP contribution in [-0.2, 0) is 4.74 Å². The van der Waals surface area contributed by atoms with Crippen LogP contribution in [0, 0.1) is 5.92 Å². The van der Waals surface area contributed by atoms with E-state index in [1.54, 1.807) is 6.92 Å². The number of nitrogens with two attached hydrogens (primary N) is 1. The Balaban J connectivity index is 2.25. The van der Waals surface area contributed by atoms with Crippen molar-refractivity contribution in [1.29, 1.82) is 0 Å². The quantitative estimate of drug-likeness (QED) is 0.851. The molecule has 1 aliphatic rings. The van der Waals surface area contributed by atoms with Crippen molar-refractivity contribution in [3.8, 4) is 0 Å². The zero-order valence-corrected chi connectivity index (χ0v) is 11.6. The van der Waals surface area contributed by atoms with Gasteiger partial charge < -0.3 is 15.4 Å². The fourth-order valence-corrected chi connectivity index (χ4v) is 3.11. The molecule has 2 heterocycles. The Bertz CT molecular complexity index is 433. The number of esters is 1. The lowest BCUT2D eigenvalue weighted by molar-refractivity contribution is 0.0528. The van der Waals surface area contributed by atoms with Crippen LogP contribution >= 0.6 is 11.5 Å². The van der Waals surface area contributed by atoms with Gasteiger partial charge >= 0.3 is 5.97 Å². The normalized spacial score (nSPS) is 19.9. The highest BCUT2D eigenvalue weighted by molar-refractivity contribution is 7.11. The molecule has 1 saturated heterocycles. The second kappa shape index (κ2) is 5.56. The Morgan fingerprint density at radius 1 is 1.67 bits per heavy atom. The second-order valence-electron chi connectivity index (χ2n) is 4.66. The Morgan fingerprint density at radius 3 is 3.11 bits per heavy atom. The van der Waals surface area contributed by atoms with Gasteiger partial charge in [0.25, 0.3) is 0 Å². The molecule has 0 aromatic carbocycles. The van der Waals surface area contributed by atoms with Crippen LogP contribution in [0.5, 0.6) is 0 Å². The molecule has 6 heteroatoms.